The number of aromatic nitrogens is 1. The second-order valence-electron chi connectivity index (χ2n) is 7.94. The van der Waals surface area contributed by atoms with Crippen LogP contribution in [0.1, 0.15) is 49.9 Å². The zero-order valence-electron chi connectivity index (χ0n) is 15.8. The zero-order chi connectivity index (χ0) is 18.8. The van der Waals surface area contributed by atoms with Gasteiger partial charge in [-0.1, -0.05) is 37.3 Å². The Hall–Kier alpha value is -2.56. The summed E-state index contributed by atoms with van der Waals surface area (Å²) in [4.78, 5) is 27.8. The lowest BCUT2D eigenvalue weighted by Gasteiger charge is -2.37. The standard InChI is InChI=1S/C22H27N3O2/c1-16-9-11-18(12-10-16)23-22(27)21-19-8-5-13-24(19)15-20(26)25(21)14-17-6-3-2-4-7-17/h2-8,13,16,18,21H,9-12,14-15H2,1H3,(H,23,27)/t16?,18?,21-/m1/s1. The van der Waals surface area contributed by atoms with E-state index >= 15 is 0 Å². The number of carbonyl (C=O) groups is 2. The van der Waals surface area contributed by atoms with Gasteiger partial charge in [-0.25, -0.2) is 0 Å². The van der Waals surface area contributed by atoms with Crippen LogP contribution >= 0.6 is 0 Å². The summed E-state index contributed by atoms with van der Waals surface area (Å²) in [6.07, 6.45) is 6.23. The monoisotopic (exact) mass is 365 g/mol. The largest absolute Gasteiger partial charge is 0.351 e. The number of nitrogens with one attached hydrogen (secondary N) is 1. The van der Waals surface area contributed by atoms with E-state index in [0.29, 0.717) is 13.1 Å². The van der Waals surface area contributed by atoms with Crippen LogP contribution in [0.15, 0.2) is 48.7 Å². The van der Waals surface area contributed by atoms with Gasteiger partial charge in [0.2, 0.25) is 11.8 Å². The highest BCUT2D eigenvalue weighted by molar-refractivity contribution is 5.90. The molecule has 0 spiro atoms. The molecule has 5 heteroatoms. The molecule has 1 aromatic heterocycles. The molecule has 1 aliphatic carbocycles. The smallest absolute Gasteiger partial charge is 0.249 e. The molecule has 27 heavy (non-hydrogen) atoms. The number of nitrogens with zero attached hydrogens (tertiary/aromatic N) is 2. The summed E-state index contributed by atoms with van der Waals surface area (Å²) in [6.45, 7) is 3.01. The lowest BCUT2D eigenvalue weighted by atomic mass is 9.87. The van der Waals surface area contributed by atoms with E-state index in [0.717, 1.165) is 42.9 Å². The maximum absolute atomic E-state index is 13.2. The Labute approximate surface area is 160 Å². The van der Waals surface area contributed by atoms with Crippen molar-refractivity contribution in [1.82, 2.24) is 14.8 Å². The number of amides is 2. The first kappa shape index (κ1) is 17.8. The molecule has 1 fully saturated rings. The fraction of sp³-hybridized carbons (Fsp3) is 0.455. The maximum atomic E-state index is 13.2. The molecule has 4 rings (SSSR count). The van der Waals surface area contributed by atoms with Gasteiger partial charge >= 0.3 is 0 Å². The van der Waals surface area contributed by atoms with Gasteiger partial charge in [0.15, 0.2) is 6.04 Å². The van der Waals surface area contributed by atoms with Crippen molar-refractivity contribution in [1.29, 1.82) is 0 Å². The minimum Gasteiger partial charge on any atom is -0.351 e. The van der Waals surface area contributed by atoms with Crippen molar-refractivity contribution in [2.45, 2.75) is 57.8 Å². The van der Waals surface area contributed by atoms with Gasteiger partial charge in [-0.2, -0.15) is 0 Å². The molecule has 1 aromatic carbocycles. The van der Waals surface area contributed by atoms with Crippen molar-refractivity contribution in [2.75, 3.05) is 0 Å². The fourth-order valence-electron chi connectivity index (χ4n) is 4.28. The molecule has 142 valence electrons. The van der Waals surface area contributed by atoms with Crippen LogP contribution < -0.4 is 5.32 Å². The van der Waals surface area contributed by atoms with E-state index in [4.69, 9.17) is 0 Å². The van der Waals surface area contributed by atoms with E-state index in [1.54, 1.807) is 4.90 Å². The summed E-state index contributed by atoms with van der Waals surface area (Å²) in [5, 5.41) is 3.23. The SMILES string of the molecule is CC1CCC(NC(=O)[C@H]2c3cccn3CC(=O)N2Cc2ccccc2)CC1. The van der Waals surface area contributed by atoms with Crippen molar-refractivity contribution < 1.29 is 9.59 Å². The van der Waals surface area contributed by atoms with Crippen LogP contribution in [-0.2, 0) is 22.7 Å². The zero-order valence-corrected chi connectivity index (χ0v) is 15.8. The van der Waals surface area contributed by atoms with Gasteiger partial charge in [-0.05, 0) is 49.3 Å². The molecule has 1 atom stereocenters. The Bertz CT molecular complexity index is 806. The summed E-state index contributed by atoms with van der Waals surface area (Å²) >= 11 is 0. The molecule has 0 saturated heterocycles. The Balaban J connectivity index is 1.57. The van der Waals surface area contributed by atoms with Gasteiger partial charge in [-0.15, -0.1) is 0 Å². The molecule has 2 aromatic rings. The predicted octanol–water partition coefficient (Wildman–Crippen LogP) is 3.27. The molecule has 5 nitrogen and oxygen atoms in total. The first-order valence-electron chi connectivity index (χ1n) is 9.90. The molecule has 1 saturated carbocycles. The predicted molar refractivity (Wildman–Crippen MR) is 104 cm³/mol. The third-order valence-electron chi connectivity index (χ3n) is 5.89. The first-order valence-corrected chi connectivity index (χ1v) is 9.90. The van der Waals surface area contributed by atoms with E-state index in [1.807, 2.05) is 53.2 Å². The van der Waals surface area contributed by atoms with Crippen LogP contribution in [-0.4, -0.2) is 27.3 Å². The minimum atomic E-state index is -0.569. The van der Waals surface area contributed by atoms with E-state index in [2.05, 4.69) is 12.2 Å². The van der Waals surface area contributed by atoms with Crippen LogP contribution in [0.2, 0.25) is 0 Å². The van der Waals surface area contributed by atoms with Gasteiger partial charge in [0.1, 0.15) is 6.54 Å². The van der Waals surface area contributed by atoms with E-state index in [9.17, 15) is 9.59 Å². The average molecular weight is 365 g/mol. The quantitative estimate of drug-likeness (QED) is 0.904. The number of carbonyl (C=O) groups excluding carboxylic acids is 2. The summed E-state index contributed by atoms with van der Waals surface area (Å²) in [5.41, 5.74) is 1.93. The van der Waals surface area contributed by atoms with E-state index < -0.39 is 6.04 Å². The number of hydrogen-bond acceptors (Lipinski definition) is 2. The second-order valence-corrected chi connectivity index (χ2v) is 7.94. The van der Waals surface area contributed by atoms with Crippen LogP contribution in [0.3, 0.4) is 0 Å². The van der Waals surface area contributed by atoms with E-state index in [-0.39, 0.29) is 17.9 Å². The highest BCUT2D eigenvalue weighted by atomic mass is 16.2. The van der Waals surface area contributed by atoms with Gasteiger partial charge in [-0.3, -0.25) is 9.59 Å². The number of fused-ring (bicyclic) bond motifs is 1. The van der Waals surface area contributed by atoms with E-state index in [1.165, 1.54) is 0 Å². The molecule has 2 aliphatic rings. The molecular weight excluding hydrogens is 338 g/mol. The molecule has 2 heterocycles. The lowest BCUT2D eigenvalue weighted by molar-refractivity contribution is -0.144. The van der Waals surface area contributed by atoms with Gasteiger partial charge in [0.25, 0.3) is 0 Å². The van der Waals surface area contributed by atoms with Crippen molar-refractivity contribution in [3.8, 4) is 0 Å². The summed E-state index contributed by atoms with van der Waals surface area (Å²) in [7, 11) is 0. The molecule has 0 bridgehead atoms. The third-order valence-corrected chi connectivity index (χ3v) is 5.89. The highest BCUT2D eigenvalue weighted by Gasteiger charge is 2.38. The first-order chi connectivity index (χ1) is 13.1. The number of hydrogen-bond donors (Lipinski definition) is 1. The third kappa shape index (κ3) is 3.77. The minimum absolute atomic E-state index is 0.0139. The average Bonchev–Trinajstić information content (AvgIpc) is 3.12. The van der Waals surface area contributed by atoms with Crippen molar-refractivity contribution in [3.63, 3.8) is 0 Å². The molecule has 1 N–H and O–H groups in total. The second kappa shape index (κ2) is 7.59. The Kier molecular flexibility index (Phi) is 5.01. The Morgan fingerprint density at radius 1 is 1.07 bits per heavy atom. The van der Waals surface area contributed by atoms with Crippen molar-refractivity contribution in [2.24, 2.45) is 5.92 Å². The summed E-state index contributed by atoms with van der Waals surface area (Å²) in [6, 6.07) is 13.4. The molecule has 2 amide bonds. The maximum Gasteiger partial charge on any atom is 0.249 e. The Morgan fingerprint density at radius 2 is 1.81 bits per heavy atom. The van der Waals surface area contributed by atoms with Gasteiger partial charge < -0.3 is 14.8 Å². The summed E-state index contributed by atoms with van der Waals surface area (Å²) < 4.78 is 1.90. The van der Waals surface area contributed by atoms with Crippen LogP contribution in [0, 0.1) is 5.92 Å². The van der Waals surface area contributed by atoms with Gasteiger partial charge in [0, 0.05) is 18.8 Å². The Morgan fingerprint density at radius 3 is 2.56 bits per heavy atom. The highest BCUT2D eigenvalue weighted by Crippen LogP contribution is 2.30. The van der Waals surface area contributed by atoms with Crippen molar-refractivity contribution in [3.05, 3.63) is 59.9 Å². The molecule has 0 radical (unpaired) electrons. The van der Waals surface area contributed by atoms with Crippen LogP contribution in [0.4, 0.5) is 0 Å². The normalized spacial score (nSPS) is 25.1. The number of rotatable bonds is 4. The topological polar surface area (TPSA) is 54.3 Å². The van der Waals surface area contributed by atoms with Crippen LogP contribution in [0.25, 0.3) is 0 Å². The molecule has 0 unspecified atom stereocenters. The van der Waals surface area contributed by atoms with Gasteiger partial charge in [0.05, 0.1) is 5.69 Å². The molecule has 1 aliphatic heterocycles. The van der Waals surface area contributed by atoms with Crippen LogP contribution in [0.5, 0.6) is 0 Å². The van der Waals surface area contributed by atoms with Crippen molar-refractivity contribution >= 4 is 11.8 Å². The number of benzene rings is 1. The molecular formula is C22H27N3O2. The summed E-state index contributed by atoms with van der Waals surface area (Å²) in [5.74, 6) is 0.666. The lowest BCUT2D eigenvalue weighted by Crippen LogP contribution is -2.50. The fourth-order valence-corrected chi connectivity index (χ4v) is 4.28.